The van der Waals surface area contributed by atoms with Gasteiger partial charge >= 0.3 is 6.09 Å². The largest absolute Gasteiger partial charge is 0.449 e. The van der Waals surface area contributed by atoms with Gasteiger partial charge in [0.15, 0.2) is 10.1 Å². The third kappa shape index (κ3) is 4.12. The number of carbonyl (C=O) groups is 1. The van der Waals surface area contributed by atoms with Gasteiger partial charge in [0, 0.05) is 47.5 Å². The Morgan fingerprint density at radius 2 is 2.13 bits per heavy atom. The van der Waals surface area contributed by atoms with Crippen LogP contribution in [0.3, 0.4) is 0 Å². The molecule has 164 valence electrons. The molecular weight excluding hydrogens is 462 g/mol. The smallest absolute Gasteiger partial charge is 0.407 e. The zero-order valence-electron chi connectivity index (χ0n) is 17.0. The Morgan fingerprint density at radius 3 is 2.87 bits per heavy atom. The predicted octanol–water partition coefficient (Wildman–Crippen LogP) is 3.70. The molecule has 1 N–H and O–H groups in total. The van der Waals surface area contributed by atoms with Crippen molar-refractivity contribution in [2.75, 3.05) is 6.61 Å². The molecule has 0 radical (unpaired) electrons. The molecule has 9 nitrogen and oxygen atoms in total. The van der Waals surface area contributed by atoms with E-state index >= 15 is 0 Å². The number of thiazole rings is 1. The van der Waals surface area contributed by atoms with E-state index in [0.717, 1.165) is 0 Å². The number of rotatable bonds is 5. The van der Waals surface area contributed by atoms with Gasteiger partial charge in [0.1, 0.15) is 0 Å². The highest BCUT2D eigenvalue weighted by Gasteiger charge is 2.29. The fourth-order valence-electron chi connectivity index (χ4n) is 3.16. The number of fused-ring (bicyclic) bond motifs is 2. The second-order valence-electron chi connectivity index (χ2n) is 7.87. The van der Waals surface area contributed by atoms with Crippen molar-refractivity contribution in [2.24, 2.45) is 0 Å². The maximum atomic E-state index is 13.5. The number of carbonyl (C=O) groups excluding carboxylic acids is 1. The van der Waals surface area contributed by atoms with Crippen LogP contribution in [0.5, 0.6) is 0 Å². The summed E-state index contributed by atoms with van der Waals surface area (Å²) in [5.41, 5.74) is 0.714. The zero-order chi connectivity index (χ0) is 22.4. The minimum absolute atomic E-state index is 0.0815. The van der Waals surface area contributed by atoms with Crippen LogP contribution in [0.4, 0.5) is 4.79 Å². The lowest BCUT2D eigenvalue weighted by molar-refractivity contribution is 0.139. The monoisotopic (exact) mass is 481 g/mol. The van der Waals surface area contributed by atoms with Gasteiger partial charge in [0.25, 0.3) is 10.0 Å². The van der Waals surface area contributed by atoms with E-state index in [1.807, 2.05) is 20.8 Å². The topological polar surface area (TPSA) is 108 Å². The zero-order valence-corrected chi connectivity index (χ0v) is 19.4. The molecule has 0 aliphatic rings. The molecule has 0 aromatic carbocycles. The summed E-state index contributed by atoms with van der Waals surface area (Å²) in [7, 11) is -4.05. The molecule has 1 amide bonds. The summed E-state index contributed by atoms with van der Waals surface area (Å²) in [6.07, 6.45) is 6.01. The SMILES string of the molecule is CC(C)(C)NC(=O)OCCc1cn(S(=O)(=O)c2c(Cl)nc3sccn23)c2ccncc12. The Kier molecular flexibility index (Phi) is 5.44. The van der Waals surface area contributed by atoms with E-state index in [1.54, 1.807) is 23.8 Å². The molecule has 31 heavy (non-hydrogen) atoms. The maximum Gasteiger partial charge on any atom is 0.407 e. The molecule has 0 fully saturated rings. The molecule has 0 spiro atoms. The number of nitrogens with one attached hydrogen (secondary N) is 1. The first-order chi connectivity index (χ1) is 14.6. The first kappa shape index (κ1) is 21.6. The molecule has 0 saturated heterocycles. The summed E-state index contributed by atoms with van der Waals surface area (Å²) in [5, 5.41) is 4.90. The van der Waals surface area contributed by atoms with E-state index in [2.05, 4.69) is 15.3 Å². The van der Waals surface area contributed by atoms with Crippen LogP contribution < -0.4 is 5.32 Å². The minimum Gasteiger partial charge on any atom is -0.449 e. The van der Waals surface area contributed by atoms with Crippen molar-refractivity contribution in [1.82, 2.24) is 23.7 Å². The van der Waals surface area contributed by atoms with E-state index in [0.29, 0.717) is 27.8 Å². The van der Waals surface area contributed by atoms with Crippen LogP contribution >= 0.6 is 22.9 Å². The molecule has 0 aliphatic carbocycles. The fourth-order valence-corrected chi connectivity index (χ4v) is 5.97. The number of hydrogen-bond donors (Lipinski definition) is 1. The van der Waals surface area contributed by atoms with Gasteiger partial charge in [-0.25, -0.2) is 13.8 Å². The number of pyridine rings is 1. The molecular formula is C19H20ClN5O4S2. The number of aromatic nitrogens is 4. The van der Waals surface area contributed by atoms with Crippen molar-refractivity contribution in [2.45, 2.75) is 37.8 Å². The van der Waals surface area contributed by atoms with Crippen LogP contribution in [0.15, 0.2) is 41.3 Å². The third-order valence-electron chi connectivity index (χ3n) is 4.42. The lowest BCUT2D eigenvalue weighted by atomic mass is 10.1. The summed E-state index contributed by atoms with van der Waals surface area (Å²) >= 11 is 7.47. The summed E-state index contributed by atoms with van der Waals surface area (Å²) in [6, 6.07) is 1.61. The Hall–Kier alpha value is -2.63. The molecule has 0 atom stereocenters. The Labute approximate surface area is 187 Å². The van der Waals surface area contributed by atoms with Gasteiger partial charge in [0.2, 0.25) is 5.03 Å². The Morgan fingerprint density at radius 1 is 1.35 bits per heavy atom. The second-order valence-corrected chi connectivity index (χ2v) is 10.8. The first-order valence-corrected chi connectivity index (χ1v) is 12.0. The van der Waals surface area contributed by atoms with Crippen LogP contribution in [0.2, 0.25) is 5.15 Å². The number of ether oxygens (including phenoxy) is 1. The van der Waals surface area contributed by atoms with Crippen LogP contribution in [0.25, 0.3) is 15.9 Å². The highest BCUT2D eigenvalue weighted by molar-refractivity contribution is 7.90. The van der Waals surface area contributed by atoms with E-state index in [4.69, 9.17) is 16.3 Å². The Balaban J connectivity index is 1.68. The van der Waals surface area contributed by atoms with Crippen LogP contribution in [0, 0.1) is 0 Å². The quantitative estimate of drug-likeness (QED) is 0.465. The molecule has 0 aliphatic heterocycles. The fraction of sp³-hybridized carbons (Fsp3) is 0.316. The summed E-state index contributed by atoms with van der Waals surface area (Å²) < 4.78 is 34.9. The first-order valence-electron chi connectivity index (χ1n) is 9.33. The predicted molar refractivity (Wildman–Crippen MR) is 118 cm³/mol. The van der Waals surface area contributed by atoms with Gasteiger partial charge < -0.3 is 10.1 Å². The number of imidazole rings is 1. The second kappa shape index (κ2) is 7.81. The van der Waals surface area contributed by atoms with Crippen molar-refractivity contribution in [3.05, 3.63) is 47.0 Å². The number of halogens is 1. The lowest BCUT2D eigenvalue weighted by Crippen LogP contribution is -2.41. The molecule has 12 heteroatoms. The van der Waals surface area contributed by atoms with Gasteiger partial charge in [-0.05, 0) is 32.4 Å². The van der Waals surface area contributed by atoms with Crippen LogP contribution in [-0.4, -0.2) is 45.0 Å². The highest BCUT2D eigenvalue weighted by Crippen LogP contribution is 2.31. The molecule has 4 aromatic heterocycles. The van der Waals surface area contributed by atoms with E-state index in [1.165, 1.54) is 32.1 Å². The summed E-state index contributed by atoms with van der Waals surface area (Å²) in [5.74, 6) is 0. The molecule has 0 bridgehead atoms. The maximum absolute atomic E-state index is 13.5. The average molecular weight is 482 g/mol. The third-order valence-corrected chi connectivity index (χ3v) is 7.25. The standard InChI is InChI=1S/C19H20ClN5O4S2/c1-19(2,3)23-18(26)29-8-5-12-11-25(14-4-6-21-10-13(12)14)31(27,28)16-15(20)22-17-24(16)7-9-30-17/h4,6-7,9-11H,5,8H2,1-3H3,(H,23,26). The molecule has 0 unspecified atom stereocenters. The van der Waals surface area contributed by atoms with Crippen molar-refractivity contribution in [3.8, 4) is 0 Å². The van der Waals surface area contributed by atoms with Crippen molar-refractivity contribution in [3.63, 3.8) is 0 Å². The Bertz CT molecular complexity index is 1380. The number of nitrogens with zero attached hydrogens (tertiary/aromatic N) is 4. The normalized spacial score (nSPS) is 12.5. The molecule has 4 rings (SSSR count). The van der Waals surface area contributed by atoms with Crippen molar-refractivity contribution < 1.29 is 17.9 Å². The van der Waals surface area contributed by atoms with Gasteiger partial charge in [-0.2, -0.15) is 8.42 Å². The van der Waals surface area contributed by atoms with Gasteiger partial charge in [-0.3, -0.25) is 9.38 Å². The lowest BCUT2D eigenvalue weighted by Gasteiger charge is -2.19. The number of hydrogen-bond acceptors (Lipinski definition) is 7. The van der Waals surface area contributed by atoms with Crippen molar-refractivity contribution in [1.29, 1.82) is 0 Å². The van der Waals surface area contributed by atoms with E-state index in [9.17, 15) is 13.2 Å². The highest BCUT2D eigenvalue weighted by atomic mass is 35.5. The van der Waals surface area contributed by atoms with Crippen LogP contribution in [0.1, 0.15) is 26.3 Å². The van der Waals surface area contributed by atoms with Crippen LogP contribution in [-0.2, 0) is 21.2 Å². The van der Waals surface area contributed by atoms with Gasteiger partial charge in [-0.1, -0.05) is 11.6 Å². The van der Waals surface area contributed by atoms with Gasteiger partial charge in [-0.15, -0.1) is 11.3 Å². The van der Waals surface area contributed by atoms with E-state index < -0.39 is 21.7 Å². The molecule has 0 saturated carbocycles. The molecule has 4 heterocycles. The average Bonchev–Trinajstić information content (AvgIpc) is 3.33. The number of alkyl carbamates (subject to hydrolysis) is 1. The minimum atomic E-state index is -4.05. The summed E-state index contributed by atoms with van der Waals surface area (Å²) in [4.78, 5) is 20.6. The van der Waals surface area contributed by atoms with Gasteiger partial charge in [0.05, 0.1) is 12.1 Å². The molecule has 4 aromatic rings. The van der Waals surface area contributed by atoms with Crippen molar-refractivity contribution >= 4 is 54.9 Å². The summed E-state index contributed by atoms with van der Waals surface area (Å²) in [6.45, 7) is 5.64. The van der Waals surface area contributed by atoms with E-state index in [-0.39, 0.29) is 16.8 Å². The number of amides is 1.